The van der Waals surface area contributed by atoms with Crippen LogP contribution < -0.4 is 15.4 Å². The molecule has 0 atom stereocenters. The molecule has 0 aliphatic carbocycles. The minimum absolute atomic E-state index is 0.238. The lowest BCUT2D eigenvalue weighted by Gasteiger charge is -2.10. The molecule has 0 saturated carbocycles. The first kappa shape index (κ1) is 17.4. The number of carbonyl (C=O) groups excluding carboxylic acids is 1. The molecule has 6 heteroatoms. The van der Waals surface area contributed by atoms with Gasteiger partial charge in [-0.15, -0.1) is 0 Å². The van der Waals surface area contributed by atoms with Gasteiger partial charge in [0.25, 0.3) is 5.91 Å². The summed E-state index contributed by atoms with van der Waals surface area (Å²) in [7, 11) is 1.63. The average molecular weight is 393 g/mol. The first-order valence-corrected chi connectivity index (χ1v) is 8.18. The minimum atomic E-state index is -0.238. The molecule has 2 N–H and O–H groups in total. The van der Waals surface area contributed by atoms with Crippen molar-refractivity contribution in [2.45, 2.75) is 13.5 Å². The maximum atomic E-state index is 12.1. The van der Waals surface area contributed by atoms with Crippen molar-refractivity contribution in [3.63, 3.8) is 0 Å². The second-order valence-corrected chi connectivity index (χ2v) is 6.21. The molecular weight excluding hydrogens is 376 g/mol. The van der Waals surface area contributed by atoms with Crippen LogP contribution in [0.4, 0.5) is 0 Å². The standard InChI is InChI=1S/C17H17BrN2O2S/c1-11-3-6-13(9-15(11)18)16(21)20-17(23)19-10-12-4-7-14(22-2)8-5-12/h3-9H,10H2,1-2H3,(H2,19,20,21,23). The van der Waals surface area contributed by atoms with E-state index in [-0.39, 0.29) is 5.91 Å². The van der Waals surface area contributed by atoms with E-state index in [9.17, 15) is 4.79 Å². The predicted molar refractivity (Wildman–Crippen MR) is 98.8 cm³/mol. The molecule has 0 spiro atoms. The van der Waals surface area contributed by atoms with Crippen LogP contribution in [0.3, 0.4) is 0 Å². The fraction of sp³-hybridized carbons (Fsp3) is 0.176. The molecule has 2 aromatic rings. The summed E-state index contributed by atoms with van der Waals surface area (Å²) in [5, 5.41) is 5.98. The number of thiocarbonyl (C=S) groups is 1. The van der Waals surface area contributed by atoms with Crippen LogP contribution in [-0.4, -0.2) is 18.1 Å². The van der Waals surface area contributed by atoms with Crippen molar-refractivity contribution in [3.8, 4) is 5.75 Å². The highest BCUT2D eigenvalue weighted by atomic mass is 79.9. The lowest BCUT2D eigenvalue weighted by molar-refractivity contribution is 0.0976. The van der Waals surface area contributed by atoms with Crippen molar-refractivity contribution >= 4 is 39.2 Å². The van der Waals surface area contributed by atoms with Crippen LogP contribution in [-0.2, 0) is 6.54 Å². The zero-order valence-corrected chi connectivity index (χ0v) is 15.3. The summed E-state index contributed by atoms with van der Waals surface area (Å²) in [6, 6.07) is 13.1. The van der Waals surface area contributed by atoms with Gasteiger partial charge in [0.2, 0.25) is 0 Å². The Bertz CT molecular complexity index is 717. The highest BCUT2D eigenvalue weighted by Gasteiger charge is 2.09. The summed E-state index contributed by atoms with van der Waals surface area (Å²) in [5.41, 5.74) is 2.67. The molecule has 4 nitrogen and oxygen atoms in total. The molecule has 0 unspecified atom stereocenters. The molecule has 0 heterocycles. The molecular formula is C17H17BrN2O2S. The van der Waals surface area contributed by atoms with E-state index >= 15 is 0 Å². The molecule has 1 amide bonds. The van der Waals surface area contributed by atoms with E-state index in [2.05, 4.69) is 26.6 Å². The van der Waals surface area contributed by atoms with E-state index in [1.165, 1.54) is 0 Å². The first-order valence-electron chi connectivity index (χ1n) is 6.98. The Kier molecular flexibility index (Phi) is 6.12. The smallest absolute Gasteiger partial charge is 0.257 e. The van der Waals surface area contributed by atoms with Crippen LogP contribution in [0.5, 0.6) is 5.75 Å². The van der Waals surface area contributed by atoms with E-state index in [4.69, 9.17) is 17.0 Å². The Labute approximate surface area is 149 Å². The van der Waals surface area contributed by atoms with Crippen molar-refractivity contribution in [3.05, 3.63) is 63.6 Å². The molecule has 120 valence electrons. The number of nitrogens with one attached hydrogen (secondary N) is 2. The van der Waals surface area contributed by atoms with E-state index in [0.717, 1.165) is 21.3 Å². The van der Waals surface area contributed by atoms with Gasteiger partial charge in [-0.25, -0.2) is 0 Å². The zero-order chi connectivity index (χ0) is 16.8. The number of hydrogen-bond donors (Lipinski definition) is 2. The number of aryl methyl sites for hydroxylation is 1. The number of halogens is 1. The summed E-state index contributed by atoms with van der Waals surface area (Å²) in [6.45, 7) is 2.49. The second kappa shape index (κ2) is 8.08. The van der Waals surface area contributed by atoms with E-state index < -0.39 is 0 Å². The number of benzene rings is 2. The molecule has 2 aromatic carbocycles. The Morgan fingerprint density at radius 1 is 1.22 bits per heavy atom. The number of rotatable bonds is 4. The Balaban J connectivity index is 1.88. The van der Waals surface area contributed by atoms with Crippen LogP contribution in [0.2, 0.25) is 0 Å². The maximum absolute atomic E-state index is 12.1. The monoisotopic (exact) mass is 392 g/mol. The molecule has 0 fully saturated rings. The van der Waals surface area contributed by atoms with E-state index in [1.807, 2.05) is 37.3 Å². The van der Waals surface area contributed by atoms with Crippen LogP contribution in [0.25, 0.3) is 0 Å². The van der Waals surface area contributed by atoms with Crippen molar-refractivity contribution in [1.29, 1.82) is 0 Å². The zero-order valence-electron chi connectivity index (χ0n) is 12.9. The largest absolute Gasteiger partial charge is 0.497 e. The summed E-state index contributed by atoms with van der Waals surface area (Å²) >= 11 is 8.57. The summed E-state index contributed by atoms with van der Waals surface area (Å²) < 4.78 is 6.00. The number of methoxy groups -OCH3 is 1. The Morgan fingerprint density at radius 3 is 2.52 bits per heavy atom. The van der Waals surface area contributed by atoms with Gasteiger partial charge in [0.05, 0.1) is 7.11 Å². The second-order valence-electron chi connectivity index (χ2n) is 4.95. The van der Waals surface area contributed by atoms with Crippen LogP contribution in [0.15, 0.2) is 46.9 Å². The normalized spacial score (nSPS) is 10.0. The molecule has 0 saturated heterocycles. The van der Waals surface area contributed by atoms with E-state index in [0.29, 0.717) is 17.2 Å². The van der Waals surface area contributed by atoms with Crippen molar-refractivity contribution in [2.75, 3.05) is 7.11 Å². The third kappa shape index (κ3) is 5.04. The number of hydrogen-bond acceptors (Lipinski definition) is 3. The van der Waals surface area contributed by atoms with Gasteiger partial charge < -0.3 is 10.1 Å². The average Bonchev–Trinajstić information content (AvgIpc) is 2.55. The van der Waals surface area contributed by atoms with E-state index in [1.54, 1.807) is 19.2 Å². The minimum Gasteiger partial charge on any atom is -0.497 e. The first-order chi connectivity index (χ1) is 11.0. The van der Waals surface area contributed by atoms with Gasteiger partial charge in [-0.2, -0.15) is 0 Å². The van der Waals surface area contributed by atoms with Gasteiger partial charge in [-0.05, 0) is 54.5 Å². The lowest BCUT2D eigenvalue weighted by Crippen LogP contribution is -2.38. The van der Waals surface area contributed by atoms with Crippen LogP contribution in [0, 0.1) is 6.92 Å². The lowest BCUT2D eigenvalue weighted by atomic mass is 10.1. The summed E-state index contributed by atoms with van der Waals surface area (Å²) in [6.07, 6.45) is 0. The van der Waals surface area contributed by atoms with Gasteiger partial charge in [0.15, 0.2) is 5.11 Å². The SMILES string of the molecule is COc1ccc(CNC(=S)NC(=O)c2ccc(C)c(Br)c2)cc1. The summed E-state index contributed by atoms with van der Waals surface area (Å²) in [4.78, 5) is 12.1. The van der Waals surface area contributed by atoms with Gasteiger partial charge in [-0.1, -0.05) is 34.1 Å². The third-order valence-electron chi connectivity index (χ3n) is 3.27. The highest BCUT2D eigenvalue weighted by molar-refractivity contribution is 9.10. The molecule has 0 aliphatic heterocycles. The van der Waals surface area contributed by atoms with Gasteiger partial charge >= 0.3 is 0 Å². The molecule has 0 aliphatic rings. The van der Waals surface area contributed by atoms with Gasteiger partial charge in [0.1, 0.15) is 5.75 Å². The van der Waals surface area contributed by atoms with Crippen LogP contribution >= 0.6 is 28.1 Å². The number of ether oxygens (including phenoxy) is 1. The predicted octanol–water partition coefficient (Wildman–Crippen LogP) is 3.57. The number of carbonyl (C=O) groups is 1. The maximum Gasteiger partial charge on any atom is 0.257 e. The fourth-order valence-electron chi connectivity index (χ4n) is 1.88. The molecule has 0 bridgehead atoms. The van der Waals surface area contributed by atoms with Crippen molar-refractivity contribution < 1.29 is 9.53 Å². The molecule has 0 aromatic heterocycles. The third-order valence-corrected chi connectivity index (χ3v) is 4.37. The molecule has 23 heavy (non-hydrogen) atoms. The Morgan fingerprint density at radius 2 is 1.91 bits per heavy atom. The quantitative estimate of drug-likeness (QED) is 0.780. The fourth-order valence-corrected chi connectivity index (χ4v) is 2.42. The molecule has 0 radical (unpaired) electrons. The van der Waals surface area contributed by atoms with Crippen molar-refractivity contribution in [1.82, 2.24) is 10.6 Å². The topological polar surface area (TPSA) is 50.4 Å². The highest BCUT2D eigenvalue weighted by Crippen LogP contribution is 2.17. The summed E-state index contributed by atoms with van der Waals surface area (Å²) in [5.74, 6) is 0.563. The Hall–Kier alpha value is -1.92. The van der Waals surface area contributed by atoms with Gasteiger partial charge in [0, 0.05) is 16.6 Å². The number of amides is 1. The molecule has 2 rings (SSSR count). The van der Waals surface area contributed by atoms with Crippen molar-refractivity contribution in [2.24, 2.45) is 0 Å². The van der Waals surface area contributed by atoms with Crippen LogP contribution in [0.1, 0.15) is 21.5 Å². The van der Waals surface area contributed by atoms with Gasteiger partial charge in [-0.3, -0.25) is 10.1 Å².